The third-order valence-electron chi connectivity index (χ3n) is 5.56. The number of sulfone groups is 1. The highest BCUT2D eigenvalue weighted by Gasteiger charge is 2.24. The van der Waals surface area contributed by atoms with Gasteiger partial charge in [-0.1, -0.05) is 12.1 Å². The van der Waals surface area contributed by atoms with Crippen molar-refractivity contribution in [1.29, 1.82) is 0 Å². The second-order valence-corrected chi connectivity index (χ2v) is 9.74. The zero-order chi connectivity index (χ0) is 21.1. The minimum Gasteiger partial charge on any atom is -0.378 e. The molecule has 0 radical (unpaired) electrons. The zero-order valence-electron chi connectivity index (χ0n) is 17.1. The van der Waals surface area contributed by atoms with Crippen LogP contribution in [0.4, 0.5) is 5.95 Å². The van der Waals surface area contributed by atoms with E-state index < -0.39 is 9.84 Å². The molecule has 1 amide bonds. The first-order valence-corrected chi connectivity index (χ1v) is 12.0. The summed E-state index contributed by atoms with van der Waals surface area (Å²) in [5.41, 5.74) is 2.97. The third-order valence-corrected chi connectivity index (χ3v) is 6.69. The lowest BCUT2D eigenvalue weighted by molar-refractivity contribution is -0.132. The molecular weight excluding hydrogens is 404 g/mol. The molecular formula is C21H26N4O4S. The third kappa shape index (κ3) is 4.79. The molecule has 2 aliphatic heterocycles. The molecule has 8 nitrogen and oxygen atoms in total. The van der Waals surface area contributed by atoms with Crippen LogP contribution in [0.15, 0.2) is 35.4 Å². The number of hydrogen-bond donors (Lipinski definition) is 0. The van der Waals surface area contributed by atoms with Crippen molar-refractivity contribution in [3.05, 3.63) is 47.3 Å². The van der Waals surface area contributed by atoms with Crippen LogP contribution in [0.5, 0.6) is 0 Å². The second kappa shape index (κ2) is 8.69. The predicted molar refractivity (Wildman–Crippen MR) is 112 cm³/mol. The van der Waals surface area contributed by atoms with E-state index in [1.54, 1.807) is 24.3 Å². The summed E-state index contributed by atoms with van der Waals surface area (Å²) < 4.78 is 28.5. The predicted octanol–water partition coefficient (Wildman–Crippen LogP) is 1.23. The van der Waals surface area contributed by atoms with E-state index in [4.69, 9.17) is 9.72 Å². The van der Waals surface area contributed by atoms with Crippen molar-refractivity contribution >= 4 is 21.7 Å². The number of rotatable bonds is 5. The molecule has 2 aliphatic rings. The molecule has 0 N–H and O–H groups in total. The van der Waals surface area contributed by atoms with Gasteiger partial charge in [-0.05, 0) is 36.1 Å². The van der Waals surface area contributed by atoms with Crippen LogP contribution in [-0.2, 0) is 38.8 Å². The Morgan fingerprint density at radius 1 is 1.13 bits per heavy atom. The van der Waals surface area contributed by atoms with Gasteiger partial charge in [0.15, 0.2) is 9.84 Å². The molecule has 4 rings (SSSR count). The van der Waals surface area contributed by atoms with Crippen molar-refractivity contribution in [2.75, 3.05) is 44.0 Å². The maximum absolute atomic E-state index is 12.8. The molecule has 0 atom stereocenters. The minimum absolute atomic E-state index is 0.0828. The quantitative estimate of drug-likeness (QED) is 0.704. The average molecular weight is 431 g/mol. The van der Waals surface area contributed by atoms with E-state index in [0.717, 1.165) is 36.3 Å². The molecule has 1 fully saturated rings. The summed E-state index contributed by atoms with van der Waals surface area (Å²) in [5, 5.41) is 0. The minimum atomic E-state index is -3.21. The van der Waals surface area contributed by atoms with E-state index in [0.29, 0.717) is 50.0 Å². The lowest BCUT2D eigenvalue weighted by Gasteiger charge is -2.30. The molecule has 160 valence electrons. The van der Waals surface area contributed by atoms with Crippen LogP contribution in [0.1, 0.15) is 23.2 Å². The zero-order valence-corrected chi connectivity index (χ0v) is 17.9. The highest BCUT2D eigenvalue weighted by molar-refractivity contribution is 7.90. The van der Waals surface area contributed by atoms with Crippen LogP contribution in [0.3, 0.4) is 0 Å². The monoisotopic (exact) mass is 430 g/mol. The number of benzene rings is 1. The topological polar surface area (TPSA) is 92.7 Å². The summed E-state index contributed by atoms with van der Waals surface area (Å²) in [4.78, 5) is 26.2. The lowest BCUT2D eigenvalue weighted by atomic mass is 10.1. The Morgan fingerprint density at radius 2 is 1.87 bits per heavy atom. The maximum atomic E-state index is 12.8. The fourth-order valence-electron chi connectivity index (χ4n) is 3.73. The number of carbonyl (C=O) groups excluding carboxylic acids is 1. The van der Waals surface area contributed by atoms with Crippen LogP contribution >= 0.6 is 0 Å². The van der Waals surface area contributed by atoms with Crippen molar-refractivity contribution < 1.29 is 17.9 Å². The molecule has 1 aromatic heterocycles. The number of carbonyl (C=O) groups is 1. The van der Waals surface area contributed by atoms with Gasteiger partial charge in [0, 0.05) is 38.5 Å². The summed E-state index contributed by atoms with van der Waals surface area (Å²) >= 11 is 0. The highest BCUT2D eigenvalue weighted by atomic mass is 32.2. The first-order chi connectivity index (χ1) is 14.4. The number of hydrogen-bond acceptors (Lipinski definition) is 7. The highest BCUT2D eigenvalue weighted by Crippen LogP contribution is 2.21. The number of nitrogens with zero attached hydrogens (tertiary/aromatic N) is 4. The summed E-state index contributed by atoms with van der Waals surface area (Å²) in [7, 11) is -3.21. The van der Waals surface area contributed by atoms with Crippen LogP contribution in [-0.4, -0.2) is 68.3 Å². The molecule has 0 bridgehead atoms. The van der Waals surface area contributed by atoms with Crippen molar-refractivity contribution in [3.8, 4) is 0 Å². The second-order valence-electron chi connectivity index (χ2n) is 7.72. The largest absolute Gasteiger partial charge is 0.378 e. The number of morpholine rings is 1. The molecule has 0 unspecified atom stereocenters. The van der Waals surface area contributed by atoms with E-state index in [9.17, 15) is 13.2 Å². The molecule has 9 heteroatoms. The number of amides is 1. The van der Waals surface area contributed by atoms with E-state index in [1.165, 1.54) is 6.26 Å². The molecule has 2 aromatic rings. The van der Waals surface area contributed by atoms with Gasteiger partial charge in [-0.3, -0.25) is 4.79 Å². The van der Waals surface area contributed by atoms with E-state index in [2.05, 4.69) is 9.88 Å². The molecule has 0 spiro atoms. The Balaban J connectivity index is 1.37. The van der Waals surface area contributed by atoms with Crippen LogP contribution < -0.4 is 4.90 Å². The lowest BCUT2D eigenvalue weighted by Crippen LogP contribution is -2.39. The fraction of sp³-hybridized carbons (Fsp3) is 0.476. The molecule has 1 saturated heterocycles. The Kier molecular flexibility index (Phi) is 6.01. The van der Waals surface area contributed by atoms with Crippen LogP contribution in [0.25, 0.3) is 0 Å². The van der Waals surface area contributed by atoms with E-state index in [-0.39, 0.29) is 5.91 Å². The number of ether oxygens (including phenoxy) is 1. The number of anilines is 1. The SMILES string of the molecule is CS(=O)(=O)c1ccc(CCC(=O)N2CCc3cnc(N4CCOCC4)nc3C2)cc1. The molecule has 0 saturated carbocycles. The van der Waals surface area contributed by atoms with Gasteiger partial charge in [-0.2, -0.15) is 0 Å². The summed E-state index contributed by atoms with van der Waals surface area (Å²) in [6.07, 6.45) is 4.80. The number of fused-ring (bicyclic) bond motifs is 1. The van der Waals surface area contributed by atoms with Crippen molar-refractivity contribution in [1.82, 2.24) is 14.9 Å². The Morgan fingerprint density at radius 3 is 2.57 bits per heavy atom. The average Bonchev–Trinajstić information content (AvgIpc) is 2.77. The van der Waals surface area contributed by atoms with Gasteiger partial charge in [0.25, 0.3) is 0 Å². The first-order valence-electron chi connectivity index (χ1n) is 10.1. The molecule has 1 aromatic carbocycles. The van der Waals surface area contributed by atoms with Gasteiger partial charge < -0.3 is 14.5 Å². The standard InChI is InChI=1S/C21H26N4O4S/c1-30(27,28)18-5-2-16(3-6-18)4-7-20(26)25-9-8-17-14-22-21(23-19(17)15-25)24-10-12-29-13-11-24/h2-3,5-6,14H,4,7-13,15H2,1H3. The Hall–Kier alpha value is -2.52. The smallest absolute Gasteiger partial charge is 0.225 e. The van der Waals surface area contributed by atoms with Gasteiger partial charge in [-0.25, -0.2) is 18.4 Å². The van der Waals surface area contributed by atoms with Crippen molar-refractivity contribution in [2.24, 2.45) is 0 Å². The van der Waals surface area contributed by atoms with E-state index in [1.807, 2.05) is 11.1 Å². The number of aryl methyl sites for hydroxylation is 1. The number of aromatic nitrogens is 2. The van der Waals surface area contributed by atoms with Gasteiger partial charge in [-0.15, -0.1) is 0 Å². The van der Waals surface area contributed by atoms with Gasteiger partial charge in [0.05, 0.1) is 30.3 Å². The molecule has 30 heavy (non-hydrogen) atoms. The van der Waals surface area contributed by atoms with E-state index >= 15 is 0 Å². The Labute approximate surface area is 176 Å². The van der Waals surface area contributed by atoms with Gasteiger partial charge >= 0.3 is 0 Å². The molecule has 3 heterocycles. The fourth-order valence-corrected chi connectivity index (χ4v) is 4.36. The van der Waals surface area contributed by atoms with Gasteiger partial charge in [0.2, 0.25) is 11.9 Å². The van der Waals surface area contributed by atoms with Crippen molar-refractivity contribution in [2.45, 2.75) is 30.7 Å². The Bertz CT molecular complexity index is 1020. The normalized spacial score (nSPS) is 17.0. The molecule has 0 aliphatic carbocycles. The first kappa shape index (κ1) is 20.7. The maximum Gasteiger partial charge on any atom is 0.225 e. The summed E-state index contributed by atoms with van der Waals surface area (Å²) in [6.45, 7) is 4.08. The van der Waals surface area contributed by atoms with Crippen LogP contribution in [0.2, 0.25) is 0 Å². The van der Waals surface area contributed by atoms with Crippen LogP contribution in [0, 0.1) is 0 Å². The van der Waals surface area contributed by atoms with Crippen molar-refractivity contribution in [3.63, 3.8) is 0 Å². The van der Waals surface area contributed by atoms with Gasteiger partial charge in [0.1, 0.15) is 0 Å². The summed E-state index contributed by atoms with van der Waals surface area (Å²) in [6, 6.07) is 6.74. The summed E-state index contributed by atoms with van der Waals surface area (Å²) in [5.74, 6) is 0.789.